The Labute approximate surface area is 118 Å². The normalized spacial score (nSPS) is 21.2. The van der Waals surface area contributed by atoms with E-state index in [9.17, 15) is 9.59 Å². The summed E-state index contributed by atoms with van der Waals surface area (Å²) in [5.74, 6) is -0.294. The summed E-state index contributed by atoms with van der Waals surface area (Å²) in [6.07, 6.45) is -0.470. The summed E-state index contributed by atoms with van der Waals surface area (Å²) in [5.41, 5.74) is 0.186. The van der Waals surface area contributed by atoms with E-state index in [2.05, 4.69) is 0 Å². The lowest BCUT2D eigenvalue weighted by molar-refractivity contribution is -0.175. The largest absolute Gasteiger partial charge is 0.444 e. The third-order valence-corrected chi connectivity index (χ3v) is 3.81. The molecule has 0 N–H and O–H groups in total. The zero-order valence-electron chi connectivity index (χ0n) is 12.0. The summed E-state index contributed by atoms with van der Waals surface area (Å²) in [6, 6.07) is 9.18. The van der Waals surface area contributed by atoms with Gasteiger partial charge >= 0.3 is 12.1 Å². The van der Waals surface area contributed by atoms with Gasteiger partial charge in [-0.1, -0.05) is 30.3 Å². The van der Waals surface area contributed by atoms with Crippen LogP contribution in [0, 0.1) is 5.41 Å². The first-order valence-corrected chi connectivity index (χ1v) is 6.57. The first kappa shape index (κ1) is 14.4. The molecule has 1 fully saturated rings. The van der Waals surface area contributed by atoms with Gasteiger partial charge in [-0.15, -0.1) is 0 Å². The van der Waals surface area contributed by atoms with E-state index in [-0.39, 0.29) is 25.3 Å². The molecule has 0 unspecified atom stereocenters. The summed E-state index contributed by atoms with van der Waals surface area (Å²) < 4.78 is 10.3. The Morgan fingerprint density at radius 1 is 1.40 bits per heavy atom. The SMILES string of the molecule is C[C@@H]1N(C(=O)OCc2ccccc2)COC(=O)C1(C)C. The van der Waals surface area contributed by atoms with Gasteiger partial charge in [-0.2, -0.15) is 0 Å². The van der Waals surface area contributed by atoms with Crippen molar-refractivity contribution in [3.8, 4) is 0 Å². The summed E-state index contributed by atoms with van der Waals surface area (Å²) in [7, 11) is 0. The highest BCUT2D eigenvalue weighted by molar-refractivity contribution is 5.80. The Morgan fingerprint density at radius 2 is 2.05 bits per heavy atom. The van der Waals surface area contributed by atoms with Crippen molar-refractivity contribution in [2.45, 2.75) is 33.4 Å². The first-order valence-electron chi connectivity index (χ1n) is 6.57. The van der Waals surface area contributed by atoms with Gasteiger partial charge in [0.2, 0.25) is 0 Å². The number of cyclic esters (lactones) is 1. The van der Waals surface area contributed by atoms with Crippen LogP contribution in [0.2, 0.25) is 0 Å². The standard InChI is InChI=1S/C15H19NO4/c1-11-15(2,3)13(17)20-10-16(11)14(18)19-9-12-7-5-4-6-8-12/h4-8,11H,9-10H2,1-3H3/t11-/m0/s1. The quantitative estimate of drug-likeness (QED) is 0.780. The molecule has 108 valence electrons. The molecule has 1 heterocycles. The fourth-order valence-electron chi connectivity index (χ4n) is 2.00. The Bertz CT molecular complexity index is 498. The number of amides is 1. The van der Waals surface area contributed by atoms with Crippen molar-refractivity contribution in [1.82, 2.24) is 4.90 Å². The van der Waals surface area contributed by atoms with Crippen LogP contribution in [0.15, 0.2) is 30.3 Å². The van der Waals surface area contributed by atoms with Crippen molar-refractivity contribution in [2.24, 2.45) is 5.41 Å². The molecule has 0 radical (unpaired) electrons. The van der Waals surface area contributed by atoms with Crippen molar-refractivity contribution in [3.05, 3.63) is 35.9 Å². The molecule has 1 atom stereocenters. The molecule has 1 saturated heterocycles. The minimum Gasteiger partial charge on any atom is -0.444 e. The highest BCUT2D eigenvalue weighted by Gasteiger charge is 2.45. The van der Waals surface area contributed by atoms with Crippen molar-refractivity contribution in [3.63, 3.8) is 0 Å². The van der Waals surface area contributed by atoms with Gasteiger partial charge in [0.1, 0.15) is 6.61 Å². The number of benzene rings is 1. The number of esters is 1. The molecule has 0 aliphatic carbocycles. The average molecular weight is 277 g/mol. The number of hydrogen-bond acceptors (Lipinski definition) is 4. The van der Waals surface area contributed by atoms with E-state index in [1.54, 1.807) is 13.8 Å². The molecule has 5 heteroatoms. The second-order valence-corrected chi connectivity index (χ2v) is 5.47. The lowest BCUT2D eigenvalue weighted by Crippen LogP contribution is -2.56. The van der Waals surface area contributed by atoms with Gasteiger partial charge in [0.15, 0.2) is 6.73 Å². The summed E-state index contributed by atoms with van der Waals surface area (Å²) in [4.78, 5) is 25.2. The molecule has 1 aliphatic rings. The number of hydrogen-bond donors (Lipinski definition) is 0. The summed E-state index contributed by atoms with van der Waals surface area (Å²) in [5, 5.41) is 0. The number of carbonyl (C=O) groups is 2. The Kier molecular flexibility index (Phi) is 3.97. The zero-order valence-corrected chi connectivity index (χ0v) is 12.0. The monoisotopic (exact) mass is 277 g/mol. The van der Waals surface area contributed by atoms with Crippen LogP contribution in [0.5, 0.6) is 0 Å². The zero-order chi connectivity index (χ0) is 14.8. The van der Waals surface area contributed by atoms with Gasteiger partial charge in [-0.05, 0) is 26.3 Å². The van der Waals surface area contributed by atoms with Crippen LogP contribution in [-0.2, 0) is 20.9 Å². The van der Waals surface area contributed by atoms with Crippen LogP contribution in [0.1, 0.15) is 26.3 Å². The second-order valence-electron chi connectivity index (χ2n) is 5.47. The molecule has 0 spiro atoms. The summed E-state index contributed by atoms with van der Waals surface area (Å²) in [6.45, 7) is 5.49. The van der Waals surface area contributed by atoms with Crippen molar-refractivity contribution < 1.29 is 19.1 Å². The van der Waals surface area contributed by atoms with E-state index in [1.807, 2.05) is 37.3 Å². The average Bonchev–Trinajstić information content (AvgIpc) is 2.44. The van der Waals surface area contributed by atoms with Gasteiger partial charge in [0.05, 0.1) is 11.5 Å². The third-order valence-electron chi connectivity index (χ3n) is 3.81. The fraction of sp³-hybridized carbons (Fsp3) is 0.467. The van der Waals surface area contributed by atoms with Crippen molar-refractivity contribution >= 4 is 12.1 Å². The summed E-state index contributed by atoms with van der Waals surface area (Å²) >= 11 is 0. The molecule has 20 heavy (non-hydrogen) atoms. The van der Waals surface area contributed by atoms with Gasteiger partial charge < -0.3 is 9.47 Å². The highest BCUT2D eigenvalue weighted by atomic mass is 16.6. The maximum atomic E-state index is 12.1. The van der Waals surface area contributed by atoms with Crippen molar-refractivity contribution in [1.29, 1.82) is 0 Å². The van der Waals surface area contributed by atoms with Gasteiger partial charge in [-0.3, -0.25) is 9.69 Å². The van der Waals surface area contributed by atoms with Crippen LogP contribution in [-0.4, -0.2) is 29.7 Å². The van der Waals surface area contributed by atoms with Crippen LogP contribution in [0.3, 0.4) is 0 Å². The molecular formula is C15H19NO4. The Hall–Kier alpha value is -2.04. The van der Waals surface area contributed by atoms with Crippen molar-refractivity contribution in [2.75, 3.05) is 6.73 Å². The minimum absolute atomic E-state index is 0.0585. The predicted molar refractivity (Wildman–Crippen MR) is 72.7 cm³/mol. The molecule has 1 aliphatic heterocycles. The van der Waals surface area contributed by atoms with E-state index in [0.29, 0.717) is 0 Å². The molecule has 2 rings (SSSR count). The smallest absolute Gasteiger partial charge is 0.413 e. The maximum Gasteiger partial charge on any atom is 0.413 e. The molecule has 0 aromatic heterocycles. The molecule has 5 nitrogen and oxygen atoms in total. The second kappa shape index (κ2) is 5.53. The molecule has 1 amide bonds. The molecule has 0 saturated carbocycles. The minimum atomic E-state index is -0.732. The molecule has 1 aromatic carbocycles. The van der Waals surface area contributed by atoms with E-state index in [0.717, 1.165) is 5.56 Å². The van der Waals surface area contributed by atoms with E-state index in [4.69, 9.17) is 9.47 Å². The van der Waals surface area contributed by atoms with Gasteiger partial charge in [0, 0.05) is 0 Å². The van der Waals surface area contributed by atoms with E-state index in [1.165, 1.54) is 4.90 Å². The Morgan fingerprint density at radius 3 is 2.70 bits per heavy atom. The van der Waals surface area contributed by atoms with Gasteiger partial charge in [0.25, 0.3) is 0 Å². The molecule has 0 bridgehead atoms. The lowest BCUT2D eigenvalue weighted by Gasteiger charge is -2.41. The van der Waals surface area contributed by atoms with E-state index >= 15 is 0 Å². The maximum absolute atomic E-state index is 12.1. The number of carbonyl (C=O) groups excluding carboxylic acids is 2. The predicted octanol–water partition coefficient (Wildman–Crippen LogP) is 2.55. The van der Waals surface area contributed by atoms with Crippen LogP contribution in [0.25, 0.3) is 0 Å². The number of nitrogens with zero attached hydrogens (tertiary/aromatic N) is 1. The van der Waals surface area contributed by atoms with Gasteiger partial charge in [-0.25, -0.2) is 4.79 Å². The number of ether oxygens (including phenoxy) is 2. The molecular weight excluding hydrogens is 258 g/mol. The lowest BCUT2D eigenvalue weighted by atomic mass is 9.84. The first-order chi connectivity index (χ1) is 9.43. The van der Waals surface area contributed by atoms with E-state index < -0.39 is 11.5 Å². The Balaban J connectivity index is 1.97. The van der Waals surface area contributed by atoms with Crippen LogP contribution < -0.4 is 0 Å². The highest BCUT2D eigenvalue weighted by Crippen LogP contribution is 2.31. The fourth-order valence-corrected chi connectivity index (χ4v) is 2.00. The van der Waals surface area contributed by atoms with Crippen LogP contribution in [0.4, 0.5) is 4.79 Å². The number of rotatable bonds is 2. The third kappa shape index (κ3) is 2.76. The molecule has 1 aromatic rings. The topological polar surface area (TPSA) is 55.8 Å². The van der Waals surface area contributed by atoms with Crippen LogP contribution >= 0.6 is 0 Å².